The van der Waals surface area contributed by atoms with Crippen molar-refractivity contribution in [3.05, 3.63) is 0 Å². The van der Waals surface area contributed by atoms with Crippen LogP contribution in [0.5, 0.6) is 0 Å². The van der Waals surface area contributed by atoms with Gasteiger partial charge in [0.2, 0.25) is 0 Å². The smallest absolute Gasteiger partial charge is 0.322 e. The molecule has 0 aromatic carbocycles. The van der Waals surface area contributed by atoms with Crippen LogP contribution in [-0.4, -0.2) is 54.1 Å². The van der Waals surface area contributed by atoms with Gasteiger partial charge in [0, 0.05) is 12.6 Å². The van der Waals surface area contributed by atoms with Crippen molar-refractivity contribution in [2.45, 2.75) is 44.7 Å². The molecule has 0 radical (unpaired) electrons. The van der Waals surface area contributed by atoms with Crippen LogP contribution >= 0.6 is 0 Å². The number of hydrogen-bond acceptors (Lipinski definition) is 4. The molecule has 1 rings (SSSR count). The average molecular weight is 280 g/mol. The van der Waals surface area contributed by atoms with E-state index in [0.717, 1.165) is 4.31 Å². The second-order valence-electron chi connectivity index (χ2n) is 4.37. The molecule has 106 valence electrons. The normalized spacial score (nSPS) is 23.8. The molecule has 7 nitrogen and oxygen atoms in total. The van der Waals surface area contributed by atoms with Gasteiger partial charge in [0.05, 0.1) is 6.61 Å². The fourth-order valence-electron chi connectivity index (χ4n) is 1.97. The zero-order valence-electron chi connectivity index (χ0n) is 10.4. The number of piperidine rings is 1. The Morgan fingerprint density at radius 1 is 1.50 bits per heavy atom. The standard InChI is InChI=1S/C10H20N2O5S/c1-2-8(7-13)11-18(16,17)12-6-4-3-5-9(12)10(14)15/h8-9,11,13H,2-7H2,1H3,(H,14,15)/t8-,9?/m1/s1. The number of carbonyl (C=O) groups is 1. The number of hydrogen-bond donors (Lipinski definition) is 3. The number of nitrogens with zero attached hydrogens (tertiary/aromatic N) is 1. The second kappa shape index (κ2) is 6.46. The van der Waals surface area contributed by atoms with Crippen LogP contribution in [0.2, 0.25) is 0 Å². The van der Waals surface area contributed by atoms with E-state index in [0.29, 0.717) is 25.7 Å². The van der Waals surface area contributed by atoms with Crippen molar-refractivity contribution < 1.29 is 23.4 Å². The van der Waals surface area contributed by atoms with Crippen molar-refractivity contribution in [2.24, 2.45) is 0 Å². The molecule has 2 atom stereocenters. The molecule has 0 aliphatic carbocycles. The highest BCUT2D eigenvalue weighted by molar-refractivity contribution is 7.87. The molecule has 0 aromatic rings. The average Bonchev–Trinajstić information content (AvgIpc) is 2.36. The first kappa shape index (κ1) is 15.4. The van der Waals surface area contributed by atoms with Crippen LogP contribution in [-0.2, 0) is 15.0 Å². The summed E-state index contributed by atoms with van der Waals surface area (Å²) in [5.41, 5.74) is 0. The van der Waals surface area contributed by atoms with E-state index in [1.807, 2.05) is 0 Å². The number of nitrogens with one attached hydrogen (secondary N) is 1. The highest BCUT2D eigenvalue weighted by atomic mass is 32.2. The van der Waals surface area contributed by atoms with E-state index >= 15 is 0 Å². The molecule has 1 heterocycles. The zero-order valence-corrected chi connectivity index (χ0v) is 11.2. The largest absolute Gasteiger partial charge is 0.480 e. The predicted molar refractivity (Wildman–Crippen MR) is 65.2 cm³/mol. The van der Waals surface area contributed by atoms with E-state index in [1.165, 1.54) is 0 Å². The Hall–Kier alpha value is -0.700. The van der Waals surface area contributed by atoms with Gasteiger partial charge in [0.25, 0.3) is 10.2 Å². The van der Waals surface area contributed by atoms with Gasteiger partial charge in [0.15, 0.2) is 0 Å². The van der Waals surface area contributed by atoms with Crippen LogP contribution in [0.25, 0.3) is 0 Å². The lowest BCUT2D eigenvalue weighted by Gasteiger charge is -2.32. The van der Waals surface area contributed by atoms with Crippen molar-refractivity contribution in [2.75, 3.05) is 13.2 Å². The van der Waals surface area contributed by atoms with Crippen LogP contribution in [0.3, 0.4) is 0 Å². The van der Waals surface area contributed by atoms with Crippen molar-refractivity contribution in [3.8, 4) is 0 Å². The summed E-state index contributed by atoms with van der Waals surface area (Å²) in [6, 6.07) is -1.58. The lowest BCUT2D eigenvalue weighted by molar-refractivity contribution is -0.142. The first-order valence-corrected chi connectivity index (χ1v) is 7.49. The SMILES string of the molecule is CC[C@H](CO)NS(=O)(=O)N1CCCCC1C(=O)O. The maximum Gasteiger partial charge on any atom is 0.322 e. The van der Waals surface area contributed by atoms with E-state index in [-0.39, 0.29) is 13.2 Å². The number of carboxylic acids is 1. The minimum atomic E-state index is -3.86. The van der Waals surface area contributed by atoms with Crippen LogP contribution in [0.1, 0.15) is 32.6 Å². The third-order valence-electron chi connectivity index (χ3n) is 3.08. The molecule has 0 bridgehead atoms. The molecule has 0 saturated carbocycles. The van der Waals surface area contributed by atoms with Crippen LogP contribution in [0.15, 0.2) is 0 Å². The van der Waals surface area contributed by atoms with Crippen molar-refractivity contribution >= 4 is 16.2 Å². The molecule has 0 aromatic heterocycles. The van der Waals surface area contributed by atoms with E-state index in [4.69, 9.17) is 10.2 Å². The summed E-state index contributed by atoms with van der Waals surface area (Å²) in [5, 5.41) is 18.0. The van der Waals surface area contributed by atoms with Gasteiger partial charge in [-0.3, -0.25) is 4.79 Å². The summed E-state index contributed by atoms with van der Waals surface area (Å²) >= 11 is 0. The Bertz CT molecular complexity index is 380. The molecule has 1 saturated heterocycles. The van der Waals surface area contributed by atoms with Crippen molar-refractivity contribution in [3.63, 3.8) is 0 Å². The molecular weight excluding hydrogens is 260 g/mol. The quantitative estimate of drug-likeness (QED) is 0.610. The summed E-state index contributed by atoms with van der Waals surface area (Å²) < 4.78 is 27.5. The molecule has 1 aliphatic rings. The van der Waals surface area contributed by atoms with Gasteiger partial charge in [-0.2, -0.15) is 17.4 Å². The minimum Gasteiger partial charge on any atom is -0.480 e. The molecule has 1 unspecified atom stereocenters. The number of rotatable bonds is 6. The Morgan fingerprint density at radius 3 is 2.67 bits per heavy atom. The number of aliphatic hydroxyl groups is 1. The highest BCUT2D eigenvalue weighted by Crippen LogP contribution is 2.20. The van der Waals surface area contributed by atoms with Crippen LogP contribution in [0.4, 0.5) is 0 Å². The third kappa shape index (κ3) is 3.64. The van der Waals surface area contributed by atoms with Gasteiger partial charge < -0.3 is 10.2 Å². The van der Waals surface area contributed by atoms with Gasteiger partial charge in [-0.15, -0.1) is 0 Å². The Morgan fingerprint density at radius 2 is 2.17 bits per heavy atom. The Labute approximate surface area is 107 Å². The summed E-state index contributed by atoms with van der Waals surface area (Å²) in [5.74, 6) is -1.13. The van der Waals surface area contributed by atoms with E-state index in [9.17, 15) is 13.2 Å². The summed E-state index contributed by atoms with van der Waals surface area (Å²) in [4.78, 5) is 11.1. The first-order chi connectivity index (χ1) is 8.42. The predicted octanol–water partition coefficient (Wildman–Crippen LogP) is -0.469. The van der Waals surface area contributed by atoms with E-state index in [1.54, 1.807) is 6.92 Å². The zero-order chi connectivity index (χ0) is 13.8. The molecule has 3 N–H and O–H groups in total. The number of aliphatic hydroxyl groups excluding tert-OH is 1. The molecule has 0 spiro atoms. The lowest BCUT2D eigenvalue weighted by atomic mass is 10.1. The van der Waals surface area contributed by atoms with Crippen LogP contribution in [0, 0.1) is 0 Å². The molecule has 1 aliphatic heterocycles. The van der Waals surface area contributed by atoms with E-state index < -0.39 is 28.3 Å². The monoisotopic (exact) mass is 280 g/mol. The molecule has 18 heavy (non-hydrogen) atoms. The highest BCUT2D eigenvalue weighted by Gasteiger charge is 2.37. The summed E-state index contributed by atoms with van der Waals surface area (Å²) in [6.07, 6.45) is 2.13. The Balaban J connectivity index is 2.84. The molecular formula is C10H20N2O5S. The first-order valence-electron chi connectivity index (χ1n) is 6.05. The summed E-state index contributed by atoms with van der Waals surface area (Å²) in [7, 11) is -3.86. The fraction of sp³-hybridized carbons (Fsp3) is 0.900. The van der Waals surface area contributed by atoms with Crippen molar-refractivity contribution in [1.82, 2.24) is 9.03 Å². The number of carboxylic acid groups (broad SMARTS) is 1. The topological polar surface area (TPSA) is 107 Å². The second-order valence-corrected chi connectivity index (χ2v) is 6.03. The maximum absolute atomic E-state index is 12.1. The van der Waals surface area contributed by atoms with Gasteiger partial charge in [-0.1, -0.05) is 6.92 Å². The van der Waals surface area contributed by atoms with Gasteiger partial charge in [0.1, 0.15) is 6.04 Å². The van der Waals surface area contributed by atoms with Crippen molar-refractivity contribution in [1.29, 1.82) is 0 Å². The minimum absolute atomic E-state index is 0.203. The fourth-order valence-corrected chi connectivity index (χ4v) is 3.67. The lowest BCUT2D eigenvalue weighted by Crippen LogP contribution is -2.54. The van der Waals surface area contributed by atoms with Gasteiger partial charge in [-0.25, -0.2) is 0 Å². The van der Waals surface area contributed by atoms with Gasteiger partial charge in [-0.05, 0) is 25.7 Å². The van der Waals surface area contributed by atoms with Gasteiger partial charge >= 0.3 is 5.97 Å². The van der Waals surface area contributed by atoms with Crippen LogP contribution < -0.4 is 4.72 Å². The number of aliphatic carboxylic acids is 1. The molecule has 0 amide bonds. The van der Waals surface area contributed by atoms with E-state index in [2.05, 4.69) is 4.72 Å². The summed E-state index contributed by atoms with van der Waals surface area (Å²) in [6.45, 7) is 1.64. The molecule has 8 heteroatoms. The Kier molecular flexibility index (Phi) is 5.51. The molecule has 1 fully saturated rings. The third-order valence-corrected chi connectivity index (χ3v) is 4.76. The maximum atomic E-state index is 12.1.